The molecule has 1 heterocycles. The van der Waals surface area contributed by atoms with Crippen molar-refractivity contribution < 1.29 is 14.3 Å². The van der Waals surface area contributed by atoms with E-state index in [1.807, 2.05) is 18.2 Å². The monoisotopic (exact) mass is 341 g/mol. The van der Waals surface area contributed by atoms with Gasteiger partial charge in [-0.3, -0.25) is 4.79 Å². The molecule has 1 aliphatic heterocycles. The highest BCUT2D eigenvalue weighted by Crippen LogP contribution is 2.58. The highest BCUT2D eigenvalue weighted by atomic mass is 16.6. The van der Waals surface area contributed by atoms with Crippen LogP contribution in [0.2, 0.25) is 0 Å². The predicted molar refractivity (Wildman–Crippen MR) is 94.7 cm³/mol. The van der Waals surface area contributed by atoms with Gasteiger partial charge in [-0.15, -0.1) is 0 Å². The normalized spacial score (nSPS) is 34.8. The molecule has 1 aromatic rings. The van der Waals surface area contributed by atoms with Crippen LogP contribution in [0, 0.1) is 23.7 Å². The Morgan fingerprint density at radius 1 is 1.04 bits per heavy atom. The van der Waals surface area contributed by atoms with E-state index < -0.39 is 0 Å². The topological polar surface area (TPSA) is 47.6 Å². The molecule has 3 aliphatic carbocycles. The summed E-state index contributed by atoms with van der Waals surface area (Å²) in [4.78, 5) is 12.5. The molecule has 3 saturated carbocycles. The van der Waals surface area contributed by atoms with Crippen LogP contribution in [0.5, 0.6) is 11.5 Å². The Balaban J connectivity index is 1.15. The van der Waals surface area contributed by atoms with Crippen molar-refractivity contribution in [3.63, 3.8) is 0 Å². The smallest absolute Gasteiger partial charge is 0.220 e. The van der Waals surface area contributed by atoms with Gasteiger partial charge < -0.3 is 14.8 Å². The number of fused-ring (bicyclic) bond motifs is 6. The Morgan fingerprint density at radius 2 is 1.88 bits per heavy atom. The van der Waals surface area contributed by atoms with Crippen LogP contribution in [0.25, 0.3) is 0 Å². The van der Waals surface area contributed by atoms with Crippen molar-refractivity contribution in [3.8, 4) is 11.5 Å². The highest BCUT2D eigenvalue weighted by Gasteiger charge is 2.53. The van der Waals surface area contributed by atoms with Crippen molar-refractivity contribution in [2.24, 2.45) is 23.7 Å². The van der Waals surface area contributed by atoms with Crippen molar-refractivity contribution in [1.29, 1.82) is 0 Å². The van der Waals surface area contributed by atoms with Gasteiger partial charge >= 0.3 is 0 Å². The van der Waals surface area contributed by atoms with Gasteiger partial charge in [-0.2, -0.15) is 0 Å². The van der Waals surface area contributed by atoms with Crippen molar-refractivity contribution >= 4 is 5.91 Å². The fourth-order valence-corrected chi connectivity index (χ4v) is 6.01. The number of rotatable bonds is 4. The third-order valence-electron chi connectivity index (χ3n) is 7.02. The lowest BCUT2D eigenvalue weighted by atomic mass is 9.79. The molecule has 4 aliphatic rings. The maximum Gasteiger partial charge on any atom is 0.220 e. The first-order valence-electron chi connectivity index (χ1n) is 9.96. The second-order valence-corrected chi connectivity index (χ2v) is 8.31. The summed E-state index contributed by atoms with van der Waals surface area (Å²) >= 11 is 0. The Hall–Kier alpha value is -1.71. The maximum atomic E-state index is 12.5. The Kier molecular flexibility index (Phi) is 3.87. The minimum atomic E-state index is 0.210. The molecule has 0 aromatic heterocycles. The Bertz CT molecular complexity index is 673. The van der Waals surface area contributed by atoms with E-state index in [1.54, 1.807) is 0 Å². The largest absolute Gasteiger partial charge is 0.486 e. The number of benzene rings is 1. The standard InChI is InChI=1S/C21H27NO3/c23-21(7-5-13-4-6-19-20(10-13)25-9-8-24-19)22-18-12-14-11-17(18)16-3-1-2-15(14)16/h4,6,10,14-18H,1-3,5,7-9,11-12H2,(H,22,23). The first-order valence-corrected chi connectivity index (χ1v) is 9.96. The van der Waals surface area contributed by atoms with Gasteiger partial charge in [0.25, 0.3) is 0 Å². The average molecular weight is 341 g/mol. The van der Waals surface area contributed by atoms with Crippen LogP contribution in [0.3, 0.4) is 0 Å². The molecule has 4 heteroatoms. The third-order valence-corrected chi connectivity index (χ3v) is 7.02. The first kappa shape index (κ1) is 15.5. The summed E-state index contributed by atoms with van der Waals surface area (Å²) in [5.41, 5.74) is 1.14. The minimum Gasteiger partial charge on any atom is -0.486 e. The van der Waals surface area contributed by atoms with Crippen molar-refractivity contribution in [3.05, 3.63) is 23.8 Å². The van der Waals surface area contributed by atoms with Crippen LogP contribution in [0.1, 0.15) is 44.1 Å². The van der Waals surface area contributed by atoms with Gasteiger partial charge in [0.2, 0.25) is 5.91 Å². The average Bonchev–Trinajstić information content (AvgIpc) is 3.33. The molecular formula is C21H27NO3. The zero-order chi connectivity index (χ0) is 16.8. The van der Waals surface area contributed by atoms with Crippen LogP contribution in [-0.4, -0.2) is 25.2 Å². The SMILES string of the molecule is O=C(CCc1ccc2c(c1)OCCO2)NC1CC2CC1C1CCCC21. The molecule has 2 bridgehead atoms. The van der Waals surface area contributed by atoms with E-state index in [0.717, 1.165) is 47.2 Å². The number of ether oxygens (including phenoxy) is 2. The molecule has 0 spiro atoms. The molecule has 1 N–H and O–H groups in total. The van der Waals surface area contributed by atoms with Crippen LogP contribution in [-0.2, 0) is 11.2 Å². The second-order valence-electron chi connectivity index (χ2n) is 8.31. The number of carbonyl (C=O) groups excluding carboxylic acids is 1. The third kappa shape index (κ3) is 2.80. The van der Waals surface area contributed by atoms with E-state index >= 15 is 0 Å². The molecule has 3 fully saturated rings. The molecule has 4 nitrogen and oxygen atoms in total. The zero-order valence-electron chi connectivity index (χ0n) is 14.7. The van der Waals surface area contributed by atoms with Gasteiger partial charge in [0.15, 0.2) is 11.5 Å². The van der Waals surface area contributed by atoms with Crippen molar-refractivity contribution in [1.82, 2.24) is 5.32 Å². The molecule has 5 rings (SSSR count). The number of carbonyl (C=O) groups is 1. The summed E-state index contributed by atoms with van der Waals surface area (Å²) in [6, 6.07) is 6.46. The van der Waals surface area contributed by atoms with E-state index in [-0.39, 0.29) is 5.91 Å². The number of nitrogens with one attached hydrogen (secondary N) is 1. The molecule has 0 radical (unpaired) electrons. The highest BCUT2D eigenvalue weighted by molar-refractivity contribution is 5.76. The van der Waals surface area contributed by atoms with Crippen molar-refractivity contribution in [2.75, 3.05) is 13.2 Å². The van der Waals surface area contributed by atoms with Gasteiger partial charge in [-0.25, -0.2) is 0 Å². The fraction of sp³-hybridized carbons (Fsp3) is 0.667. The Morgan fingerprint density at radius 3 is 2.80 bits per heavy atom. The summed E-state index contributed by atoms with van der Waals surface area (Å²) in [7, 11) is 0. The number of hydrogen-bond donors (Lipinski definition) is 1. The lowest BCUT2D eigenvalue weighted by molar-refractivity contribution is -0.122. The Labute approximate surface area is 149 Å². The molecule has 1 amide bonds. The van der Waals surface area contributed by atoms with Gasteiger partial charge in [0, 0.05) is 12.5 Å². The molecular weight excluding hydrogens is 314 g/mol. The predicted octanol–water partition coefficient (Wildman–Crippen LogP) is 3.33. The van der Waals surface area contributed by atoms with Gasteiger partial charge in [0.1, 0.15) is 13.2 Å². The molecule has 5 unspecified atom stereocenters. The lowest BCUT2D eigenvalue weighted by Gasteiger charge is -2.32. The van der Waals surface area contributed by atoms with E-state index in [1.165, 1.54) is 32.1 Å². The van der Waals surface area contributed by atoms with Gasteiger partial charge in [0.05, 0.1) is 0 Å². The van der Waals surface area contributed by atoms with Crippen LogP contribution >= 0.6 is 0 Å². The summed E-state index contributed by atoms with van der Waals surface area (Å²) < 4.78 is 11.2. The zero-order valence-corrected chi connectivity index (χ0v) is 14.7. The lowest BCUT2D eigenvalue weighted by Crippen LogP contribution is -2.42. The van der Waals surface area contributed by atoms with E-state index in [0.29, 0.717) is 25.7 Å². The molecule has 25 heavy (non-hydrogen) atoms. The number of amides is 1. The number of hydrogen-bond acceptors (Lipinski definition) is 3. The van der Waals surface area contributed by atoms with Gasteiger partial charge in [-0.1, -0.05) is 12.5 Å². The number of aryl methyl sites for hydroxylation is 1. The van der Waals surface area contributed by atoms with E-state index in [9.17, 15) is 4.79 Å². The summed E-state index contributed by atoms with van der Waals surface area (Å²) in [5, 5.41) is 3.36. The minimum absolute atomic E-state index is 0.210. The van der Waals surface area contributed by atoms with Crippen LogP contribution < -0.4 is 14.8 Å². The molecule has 134 valence electrons. The molecule has 0 saturated heterocycles. The van der Waals surface area contributed by atoms with Crippen LogP contribution in [0.15, 0.2) is 18.2 Å². The van der Waals surface area contributed by atoms with Gasteiger partial charge in [-0.05, 0) is 73.5 Å². The summed E-state index contributed by atoms with van der Waals surface area (Å²) in [5.74, 6) is 5.37. The molecule has 1 aromatic carbocycles. The summed E-state index contributed by atoms with van der Waals surface area (Å²) in [6.45, 7) is 1.21. The maximum absolute atomic E-state index is 12.5. The quantitative estimate of drug-likeness (QED) is 0.914. The molecule has 5 atom stereocenters. The fourth-order valence-electron chi connectivity index (χ4n) is 6.01. The first-order chi connectivity index (χ1) is 12.3. The van der Waals surface area contributed by atoms with E-state index in [4.69, 9.17) is 9.47 Å². The summed E-state index contributed by atoms with van der Waals surface area (Å²) in [6.07, 6.45) is 8.15. The second kappa shape index (κ2) is 6.22. The van der Waals surface area contributed by atoms with Crippen LogP contribution in [0.4, 0.5) is 0 Å². The van der Waals surface area contributed by atoms with E-state index in [2.05, 4.69) is 5.32 Å². The van der Waals surface area contributed by atoms with Crippen molar-refractivity contribution in [2.45, 2.75) is 51.0 Å².